The molecule has 3 heteroatoms. The van der Waals surface area contributed by atoms with Crippen molar-refractivity contribution in [3.8, 4) is 11.1 Å². The fraction of sp³-hybridized carbons (Fsp3) is 0.345. The molecule has 0 radical (unpaired) electrons. The van der Waals surface area contributed by atoms with Gasteiger partial charge < -0.3 is 24.8 Å². The maximum atomic E-state index is 3.53. The Morgan fingerprint density at radius 3 is 1.84 bits per heavy atom. The zero-order valence-electron chi connectivity index (χ0n) is 20.6. The van der Waals surface area contributed by atoms with E-state index in [9.17, 15) is 0 Å². The van der Waals surface area contributed by atoms with Crippen molar-refractivity contribution in [2.45, 2.75) is 65.7 Å². The first kappa shape index (κ1) is 33.2. The molecule has 0 nitrogen and oxygen atoms in total. The molecular formula is C29H36Cl2Hf. The predicted molar refractivity (Wildman–Crippen MR) is 129 cm³/mol. The van der Waals surface area contributed by atoms with Gasteiger partial charge in [-0.15, -0.1) is 18.7 Å². The molecule has 0 bridgehead atoms. The topological polar surface area (TPSA) is 0 Å². The first-order valence-electron chi connectivity index (χ1n) is 10.4. The second kappa shape index (κ2) is 13.6. The quantitative estimate of drug-likeness (QED) is 0.158. The zero-order valence-corrected chi connectivity index (χ0v) is 25.7. The Morgan fingerprint density at radius 2 is 1.41 bits per heavy atom. The van der Waals surface area contributed by atoms with Crippen molar-refractivity contribution in [1.82, 2.24) is 0 Å². The zero-order chi connectivity index (χ0) is 21.8. The Balaban J connectivity index is 0. The molecule has 1 aliphatic rings. The number of halogens is 2. The molecule has 170 valence electrons. The van der Waals surface area contributed by atoms with Crippen LogP contribution in [-0.2, 0) is 43.1 Å². The van der Waals surface area contributed by atoms with E-state index in [4.69, 9.17) is 0 Å². The van der Waals surface area contributed by atoms with Crippen LogP contribution < -0.4 is 24.8 Å². The van der Waals surface area contributed by atoms with Crippen molar-refractivity contribution in [3.05, 3.63) is 102 Å². The van der Waals surface area contributed by atoms with Crippen LogP contribution in [0.1, 0.15) is 69.4 Å². The van der Waals surface area contributed by atoms with Crippen molar-refractivity contribution in [2.24, 2.45) is 0 Å². The van der Waals surface area contributed by atoms with Crippen LogP contribution in [-0.4, -0.2) is 0 Å². The van der Waals surface area contributed by atoms with Gasteiger partial charge in [0.2, 0.25) is 0 Å². The van der Waals surface area contributed by atoms with E-state index in [1.807, 2.05) is 12.1 Å². The minimum absolute atomic E-state index is 0. The molecule has 0 saturated carbocycles. The third kappa shape index (κ3) is 8.40. The van der Waals surface area contributed by atoms with E-state index in [-0.39, 0.29) is 61.5 Å². The van der Waals surface area contributed by atoms with Gasteiger partial charge in [-0.25, -0.2) is 11.6 Å². The number of hydrogen-bond acceptors (Lipinski definition) is 0. The fourth-order valence-corrected chi connectivity index (χ4v) is 3.46. The maximum absolute atomic E-state index is 3.53. The molecule has 0 unspecified atom stereocenters. The second-order valence-corrected chi connectivity index (χ2v) is 9.79. The summed E-state index contributed by atoms with van der Waals surface area (Å²) in [7, 11) is 0. The molecule has 0 saturated heterocycles. The van der Waals surface area contributed by atoms with Gasteiger partial charge >= 0.3 is 25.8 Å². The minimum atomic E-state index is 0. The summed E-state index contributed by atoms with van der Waals surface area (Å²) in [5.74, 6) is 0. The van der Waals surface area contributed by atoms with Crippen molar-refractivity contribution >= 4 is 0 Å². The van der Waals surface area contributed by atoms with Gasteiger partial charge in [0, 0.05) is 0 Å². The molecule has 0 aliphatic heterocycles. The van der Waals surface area contributed by atoms with Gasteiger partial charge in [-0.05, 0) is 17.4 Å². The molecule has 0 heterocycles. The van der Waals surface area contributed by atoms with E-state index < -0.39 is 0 Å². The molecule has 3 aromatic rings. The van der Waals surface area contributed by atoms with Crippen LogP contribution >= 0.6 is 0 Å². The van der Waals surface area contributed by atoms with Crippen LogP contribution in [0.25, 0.3) is 11.1 Å². The molecular weight excluding hydrogens is 598 g/mol. The average Bonchev–Trinajstić information content (AvgIpc) is 3.27. The molecule has 0 amide bonds. The van der Waals surface area contributed by atoms with E-state index in [0.717, 1.165) is 6.42 Å². The Kier molecular flexibility index (Phi) is 14.1. The molecule has 3 aromatic carbocycles. The summed E-state index contributed by atoms with van der Waals surface area (Å²) in [5, 5.41) is 0. The van der Waals surface area contributed by atoms with Gasteiger partial charge in [-0.2, -0.15) is 47.5 Å². The molecule has 4 rings (SSSR count). The Bertz CT molecular complexity index is 881. The van der Waals surface area contributed by atoms with Gasteiger partial charge in [0.25, 0.3) is 0 Å². The van der Waals surface area contributed by atoms with Gasteiger partial charge in [0.05, 0.1) is 0 Å². The van der Waals surface area contributed by atoms with Crippen LogP contribution in [0.2, 0.25) is 0 Å². The van der Waals surface area contributed by atoms with Crippen LogP contribution in [0.15, 0.2) is 67.8 Å². The van der Waals surface area contributed by atoms with Crippen molar-refractivity contribution in [1.29, 1.82) is 0 Å². The second-order valence-electron chi connectivity index (χ2n) is 9.79. The molecule has 0 fully saturated rings. The number of aryl methyl sites for hydroxylation is 1. The third-order valence-electron chi connectivity index (χ3n) is 5.36. The van der Waals surface area contributed by atoms with Crippen molar-refractivity contribution < 1.29 is 50.7 Å². The monoisotopic (exact) mass is 634 g/mol. The van der Waals surface area contributed by atoms with Gasteiger partial charge in [-0.3, -0.25) is 0 Å². The number of benzene rings is 2. The van der Waals surface area contributed by atoms with Crippen LogP contribution in [0.4, 0.5) is 0 Å². The largest absolute Gasteiger partial charge is 4.00 e. The molecule has 32 heavy (non-hydrogen) atoms. The fourth-order valence-electron chi connectivity index (χ4n) is 3.46. The molecule has 0 N–H and O–H groups in total. The van der Waals surface area contributed by atoms with Crippen LogP contribution in [0, 0.1) is 13.0 Å². The van der Waals surface area contributed by atoms with Gasteiger partial charge in [0.1, 0.15) is 0 Å². The Hall–Kier alpha value is -1.02. The van der Waals surface area contributed by atoms with E-state index in [1.54, 1.807) is 0 Å². The smallest absolute Gasteiger partial charge is 1.00 e. The van der Waals surface area contributed by atoms with E-state index in [2.05, 4.69) is 110 Å². The number of hydrogen-bond donors (Lipinski definition) is 0. The summed E-state index contributed by atoms with van der Waals surface area (Å²) in [6.45, 7) is 21.7. The summed E-state index contributed by atoms with van der Waals surface area (Å²) in [6.07, 6.45) is 1.03. The standard InChI is InChI=1S/C21H25.C6H7.C2H4.2ClH.Hf/c1-20(2,3)16-9-7-14-11-15-8-10-17(21(4,5)6)13-19(15)18(14)12-16;1-6-4-2-3-5-6;1-2;;;/h7,9-10,12-13H,11H2,1-6H3;2-5H,1H3;1-2H2;2*1H;/q2*-1;;;;+4/p-2. The molecule has 0 spiro atoms. The van der Waals surface area contributed by atoms with Gasteiger partial charge in [0.15, 0.2) is 0 Å². The normalized spacial score (nSPS) is 11.0. The third-order valence-corrected chi connectivity index (χ3v) is 5.36. The van der Waals surface area contributed by atoms with E-state index in [1.165, 1.54) is 38.9 Å². The first-order valence-corrected chi connectivity index (χ1v) is 10.4. The minimum Gasteiger partial charge on any atom is -1.00 e. The summed E-state index contributed by atoms with van der Waals surface area (Å²) in [4.78, 5) is 0. The molecule has 0 atom stereocenters. The Labute approximate surface area is 227 Å². The summed E-state index contributed by atoms with van der Waals surface area (Å²) >= 11 is 0. The number of fused-ring (bicyclic) bond motifs is 3. The van der Waals surface area contributed by atoms with E-state index >= 15 is 0 Å². The van der Waals surface area contributed by atoms with E-state index in [0.29, 0.717) is 0 Å². The average molecular weight is 634 g/mol. The maximum Gasteiger partial charge on any atom is 4.00 e. The van der Waals surface area contributed by atoms with Gasteiger partial charge in [-0.1, -0.05) is 83.2 Å². The number of rotatable bonds is 0. The summed E-state index contributed by atoms with van der Waals surface area (Å²) in [5.41, 5.74) is 10.1. The van der Waals surface area contributed by atoms with Crippen molar-refractivity contribution in [2.75, 3.05) is 0 Å². The van der Waals surface area contributed by atoms with Crippen LogP contribution in [0.3, 0.4) is 0 Å². The van der Waals surface area contributed by atoms with Crippen molar-refractivity contribution in [3.63, 3.8) is 0 Å². The summed E-state index contributed by atoms with van der Waals surface area (Å²) < 4.78 is 0. The molecule has 1 aliphatic carbocycles. The summed E-state index contributed by atoms with van der Waals surface area (Å²) in [6, 6.07) is 23.3. The predicted octanol–water partition coefficient (Wildman–Crippen LogP) is 2.17. The Morgan fingerprint density at radius 1 is 0.844 bits per heavy atom. The van der Waals surface area contributed by atoms with Crippen LogP contribution in [0.5, 0.6) is 0 Å². The molecule has 0 aromatic heterocycles. The first-order chi connectivity index (χ1) is 13.6. The SMILES string of the molecule is C=C.CC(C)(C)c1c[c-]c2c(c1)-c1cc(C(C)(C)C)ccc1C2.Cc1cc[cH-]c1.[Cl-].[Cl-].[Hf+4].